The molecule has 176 valence electrons. The number of aromatic nitrogens is 3. The first-order valence-corrected chi connectivity index (χ1v) is 12.5. The fourth-order valence-corrected chi connectivity index (χ4v) is 5.98. The maximum absolute atomic E-state index is 11.7. The second-order valence-electron chi connectivity index (χ2n) is 10.1. The Morgan fingerprint density at radius 1 is 1.24 bits per heavy atom. The van der Waals surface area contributed by atoms with Crippen molar-refractivity contribution in [2.24, 2.45) is 0 Å². The first kappa shape index (κ1) is 22.5. The Kier molecular flexibility index (Phi) is 5.64. The normalized spacial score (nSPS) is 20.1. The van der Waals surface area contributed by atoms with Crippen LogP contribution in [0.4, 0.5) is 10.6 Å². The lowest BCUT2D eigenvalue weighted by molar-refractivity contribution is 0.114. The SMILES string of the molecule is CC(C)(C)c1ccc(CSc2nc(N3CC4CC[C@@H](C3)N4C(=O)O)c(C#N)c3nc[nH]c23)cc1. The summed E-state index contributed by atoms with van der Waals surface area (Å²) in [6, 6.07) is 10.8. The van der Waals surface area contributed by atoms with Gasteiger partial charge in [0, 0.05) is 18.8 Å². The van der Waals surface area contributed by atoms with Gasteiger partial charge in [0.05, 0.1) is 23.9 Å². The molecule has 34 heavy (non-hydrogen) atoms. The van der Waals surface area contributed by atoms with E-state index in [4.69, 9.17) is 4.98 Å². The first-order chi connectivity index (χ1) is 16.3. The average Bonchev–Trinajstić information content (AvgIpc) is 3.39. The molecular weight excluding hydrogens is 448 g/mol. The molecule has 2 fully saturated rings. The van der Waals surface area contributed by atoms with Gasteiger partial charge in [-0.3, -0.25) is 4.90 Å². The van der Waals surface area contributed by atoms with Crippen LogP contribution in [0, 0.1) is 11.3 Å². The molecule has 9 heteroatoms. The van der Waals surface area contributed by atoms with Crippen LogP contribution < -0.4 is 4.90 Å². The fourth-order valence-electron chi connectivity index (χ4n) is 5.04. The third-order valence-electron chi connectivity index (χ3n) is 6.83. The maximum Gasteiger partial charge on any atom is 0.407 e. The topological polar surface area (TPSA) is 109 Å². The number of imidazole rings is 1. The number of anilines is 1. The molecule has 1 unspecified atom stereocenters. The van der Waals surface area contributed by atoms with E-state index in [0.29, 0.717) is 30.0 Å². The number of rotatable bonds is 4. The van der Waals surface area contributed by atoms with Crippen molar-refractivity contribution in [3.63, 3.8) is 0 Å². The summed E-state index contributed by atoms with van der Waals surface area (Å²) in [5, 5.41) is 20.4. The number of benzene rings is 1. The molecule has 0 radical (unpaired) electrons. The zero-order chi connectivity index (χ0) is 24.0. The van der Waals surface area contributed by atoms with Gasteiger partial charge in [-0.1, -0.05) is 56.8 Å². The van der Waals surface area contributed by atoms with Crippen LogP contribution in [-0.2, 0) is 11.2 Å². The number of hydrogen-bond donors (Lipinski definition) is 2. The Hall–Kier alpha value is -3.25. The van der Waals surface area contributed by atoms with Crippen LogP contribution in [0.5, 0.6) is 0 Å². The van der Waals surface area contributed by atoms with E-state index in [9.17, 15) is 15.2 Å². The molecule has 1 aromatic carbocycles. The molecule has 5 rings (SSSR count). The Labute approximate surface area is 203 Å². The van der Waals surface area contributed by atoms with Gasteiger partial charge in [0.25, 0.3) is 0 Å². The number of nitrogens with zero attached hydrogens (tertiary/aromatic N) is 5. The summed E-state index contributed by atoms with van der Waals surface area (Å²) in [4.78, 5) is 27.9. The molecule has 2 aliphatic heterocycles. The summed E-state index contributed by atoms with van der Waals surface area (Å²) in [6.45, 7) is 7.70. The minimum Gasteiger partial charge on any atom is -0.465 e. The quantitative estimate of drug-likeness (QED) is 0.523. The number of thioether (sulfide) groups is 1. The molecule has 2 N–H and O–H groups in total. The van der Waals surface area contributed by atoms with E-state index in [1.807, 2.05) is 0 Å². The number of carboxylic acid groups (broad SMARTS) is 1. The van der Waals surface area contributed by atoms with Gasteiger partial charge < -0.3 is 15.0 Å². The summed E-state index contributed by atoms with van der Waals surface area (Å²) in [5.41, 5.74) is 4.44. The van der Waals surface area contributed by atoms with Crippen molar-refractivity contribution >= 4 is 34.7 Å². The van der Waals surface area contributed by atoms with E-state index in [1.165, 1.54) is 11.1 Å². The van der Waals surface area contributed by atoms with Gasteiger partial charge >= 0.3 is 6.09 Å². The van der Waals surface area contributed by atoms with Crippen molar-refractivity contribution in [3.05, 3.63) is 47.3 Å². The molecule has 1 amide bonds. The largest absolute Gasteiger partial charge is 0.465 e. The predicted molar refractivity (Wildman–Crippen MR) is 132 cm³/mol. The summed E-state index contributed by atoms with van der Waals surface area (Å²) >= 11 is 1.62. The zero-order valence-corrected chi connectivity index (χ0v) is 20.4. The van der Waals surface area contributed by atoms with Crippen LogP contribution in [0.25, 0.3) is 11.0 Å². The van der Waals surface area contributed by atoms with Crippen LogP contribution in [0.15, 0.2) is 35.6 Å². The molecule has 2 saturated heterocycles. The van der Waals surface area contributed by atoms with E-state index < -0.39 is 6.09 Å². The van der Waals surface area contributed by atoms with E-state index in [-0.39, 0.29) is 17.5 Å². The van der Waals surface area contributed by atoms with Crippen LogP contribution >= 0.6 is 11.8 Å². The highest BCUT2D eigenvalue weighted by molar-refractivity contribution is 7.98. The number of H-pyrrole nitrogens is 1. The first-order valence-electron chi connectivity index (χ1n) is 11.5. The van der Waals surface area contributed by atoms with Crippen LogP contribution in [0.3, 0.4) is 0 Å². The molecule has 8 nitrogen and oxygen atoms in total. The monoisotopic (exact) mass is 476 g/mol. The Morgan fingerprint density at radius 3 is 2.50 bits per heavy atom. The summed E-state index contributed by atoms with van der Waals surface area (Å²) < 4.78 is 0. The van der Waals surface area contributed by atoms with Gasteiger partial charge in [-0.15, -0.1) is 0 Å². The van der Waals surface area contributed by atoms with E-state index >= 15 is 0 Å². The zero-order valence-electron chi connectivity index (χ0n) is 19.6. The molecule has 0 saturated carbocycles. The van der Waals surface area contributed by atoms with Crippen molar-refractivity contribution < 1.29 is 9.90 Å². The summed E-state index contributed by atoms with van der Waals surface area (Å²) in [5.74, 6) is 1.35. The molecule has 2 atom stereocenters. The molecule has 2 bridgehead atoms. The highest BCUT2D eigenvalue weighted by Crippen LogP contribution is 2.37. The summed E-state index contributed by atoms with van der Waals surface area (Å²) in [6.07, 6.45) is 2.42. The lowest BCUT2D eigenvalue weighted by Crippen LogP contribution is -2.55. The number of aromatic amines is 1. The number of nitrogens with one attached hydrogen (secondary N) is 1. The Bertz CT molecular complexity index is 1260. The highest BCUT2D eigenvalue weighted by Gasteiger charge is 2.43. The second-order valence-corrected chi connectivity index (χ2v) is 11.0. The third kappa shape index (κ3) is 3.96. The summed E-state index contributed by atoms with van der Waals surface area (Å²) in [7, 11) is 0. The van der Waals surface area contributed by atoms with E-state index in [1.54, 1.807) is 23.0 Å². The number of carbonyl (C=O) groups is 1. The van der Waals surface area contributed by atoms with Crippen molar-refractivity contribution in [1.29, 1.82) is 5.26 Å². The van der Waals surface area contributed by atoms with Gasteiger partial charge in [-0.05, 0) is 29.4 Å². The number of fused-ring (bicyclic) bond motifs is 3. The number of pyridine rings is 1. The molecule has 4 heterocycles. The average molecular weight is 477 g/mol. The molecule has 2 aromatic heterocycles. The smallest absolute Gasteiger partial charge is 0.407 e. The molecule has 0 spiro atoms. The van der Waals surface area contributed by atoms with Crippen LogP contribution in [0.1, 0.15) is 50.3 Å². The minimum atomic E-state index is -0.864. The van der Waals surface area contributed by atoms with Crippen molar-refractivity contribution in [1.82, 2.24) is 19.9 Å². The molecule has 2 aliphatic rings. The van der Waals surface area contributed by atoms with Crippen molar-refractivity contribution in [2.75, 3.05) is 18.0 Å². The van der Waals surface area contributed by atoms with Crippen LogP contribution in [-0.4, -0.2) is 56.2 Å². The van der Waals surface area contributed by atoms with Gasteiger partial charge in [0.15, 0.2) is 0 Å². The van der Waals surface area contributed by atoms with Gasteiger partial charge in [-0.2, -0.15) is 5.26 Å². The Morgan fingerprint density at radius 2 is 1.91 bits per heavy atom. The van der Waals surface area contributed by atoms with Crippen molar-refractivity contribution in [3.8, 4) is 6.07 Å². The van der Waals surface area contributed by atoms with Gasteiger partial charge in [-0.25, -0.2) is 14.8 Å². The molecule has 0 aliphatic carbocycles. The number of hydrogen-bond acceptors (Lipinski definition) is 6. The molecule has 3 aromatic rings. The van der Waals surface area contributed by atoms with Crippen molar-refractivity contribution in [2.45, 2.75) is 61.9 Å². The minimum absolute atomic E-state index is 0.0723. The number of amides is 1. The lowest BCUT2D eigenvalue weighted by Gasteiger charge is -2.40. The number of piperazine rings is 1. The van der Waals surface area contributed by atoms with Gasteiger partial charge in [0.2, 0.25) is 0 Å². The number of nitriles is 1. The maximum atomic E-state index is 11.7. The Balaban J connectivity index is 1.44. The third-order valence-corrected chi connectivity index (χ3v) is 7.88. The van der Waals surface area contributed by atoms with Crippen LogP contribution in [0.2, 0.25) is 0 Å². The lowest BCUT2D eigenvalue weighted by atomic mass is 9.87. The van der Waals surface area contributed by atoms with E-state index in [2.05, 4.69) is 66.0 Å². The molecular formula is C25H28N6O2S. The van der Waals surface area contributed by atoms with Gasteiger partial charge in [0.1, 0.15) is 28.0 Å². The standard InChI is InChI=1S/C25H28N6O2S/c1-25(2,3)16-6-4-15(5-7-16)13-34-23-21-20(27-14-28-21)19(10-26)22(29-23)30-11-17-8-9-18(12-30)31(17)24(32)33/h4-7,14,17-18H,8-9,11-13H2,1-3H3,(H,27,28)(H,32,33)/t17-,18?/m0/s1. The second kappa shape index (κ2) is 8.51. The predicted octanol–water partition coefficient (Wildman–Crippen LogP) is 4.75. The highest BCUT2D eigenvalue weighted by atomic mass is 32.2. The van der Waals surface area contributed by atoms with E-state index in [0.717, 1.165) is 29.1 Å². The fraction of sp³-hybridized carbons (Fsp3) is 0.440.